The first-order chi connectivity index (χ1) is 11.7. The van der Waals surface area contributed by atoms with Crippen LogP contribution in [0.2, 0.25) is 0 Å². The van der Waals surface area contributed by atoms with Crippen LogP contribution in [0.25, 0.3) is 16.4 Å². The summed E-state index contributed by atoms with van der Waals surface area (Å²) < 4.78 is 2.00. The number of nitrogens with zero attached hydrogens (tertiary/aromatic N) is 2. The van der Waals surface area contributed by atoms with Crippen LogP contribution < -0.4 is 0 Å². The molecule has 2 aromatic carbocycles. The van der Waals surface area contributed by atoms with E-state index in [1.54, 1.807) is 6.07 Å². The van der Waals surface area contributed by atoms with E-state index >= 15 is 0 Å². The second-order valence-corrected chi connectivity index (χ2v) is 5.85. The van der Waals surface area contributed by atoms with E-state index in [-0.39, 0.29) is 5.78 Å². The number of carbonyl (C=O) groups is 1. The zero-order valence-corrected chi connectivity index (χ0v) is 13.2. The molecule has 3 nitrogen and oxygen atoms in total. The molecule has 24 heavy (non-hydrogen) atoms. The maximum atomic E-state index is 13.2. The molecule has 4 rings (SSSR count). The van der Waals surface area contributed by atoms with Crippen molar-refractivity contribution in [3.63, 3.8) is 0 Å². The summed E-state index contributed by atoms with van der Waals surface area (Å²) in [5.74, 6) is -0.0589. The van der Waals surface area contributed by atoms with Crippen molar-refractivity contribution >= 4 is 22.2 Å². The highest BCUT2D eigenvalue weighted by Gasteiger charge is 2.17. The number of hydrogen-bond acceptors (Lipinski definition) is 2. The molecule has 0 aliphatic rings. The molecular formula is C21H14N2O. The van der Waals surface area contributed by atoms with Crippen molar-refractivity contribution in [3.05, 3.63) is 89.1 Å². The molecule has 0 bridgehead atoms. The van der Waals surface area contributed by atoms with Crippen LogP contribution in [0.4, 0.5) is 0 Å². The van der Waals surface area contributed by atoms with Gasteiger partial charge in [0.05, 0.1) is 17.1 Å². The Morgan fingerprint density at radius 3 is 2.62 bits per heavy atom. The van der Waals surface area contributed by atoms with Crippen molar-refractivity contribution < 1.29 is 4.79 Å². The molecule has 4 aromatic rings. The van der Waals surface area contributed by atoms with Gasteiger partial charge < -0.3 is 4.40 Å². The molecule has 0 saturated carbocycles. The lowest BCUT2D eigenvalue weighted by molar-refractivity contribution is 0.103. The van der Waals surface area contributed by atoms with E-state index < -0.39 is 0 Å². The van der Waals surface area contributed by atoms with E-state index in [1.165, 1.54) is 0 Å². The lowest BCUT2D eigenvalue weighted by Crippen LogP contribution is -2.07. The fraction of sp³-hybridized carbons (Fsp3) is 0.0476. The zero-order valence-electron chi connectivity index (χ0n) is 13.2. The number of ketones is 1. The summed E-state index contributed by atoms with van der Waals surface area (Å²) in [6.07, 6.45) is 1.94. The van der Waals surface area contributed by atoms with Crippen molar-refractivity contribution in [2.75, 3.05) is 0 Å². The van der Waals surface area contributed by atoms with E-state index in [2.05, 4.69) is 6.07 Å². The Balaban J connectivity index is 2.10. The smallest absolute Gasteiger partial charge is 0.195 e. The van der Waals surface area contributed by atoms with Gasteiger partial charge in [0, 0.05) is 28.2 Å². The number of carbonyl (C=O) groups excluding carboxylic acids is 1. The Labute approximate surface area is 139 Å². The number of rotatable bonds is 2. The highest BCUT2D eigenvalue weighted by atomic mass is 16.1. The molecule has 0 amide bonds. The van der Waals surface area contributed by atoms with Gasteiger partial charge in [-0.2, -0.15) is 5.26 Å². The van der Waals surface area contributed by atoms with Crippen molar-refractivity contribution in [1.29, 1.82) is 5.26 Å². The summed E-state index contributed by atoms with van der Waals surface area (Å²) in [6, 6.07) is 21.1. The first-order valence-corrected chi connectivity index (χ1v) is 7.73. The fourth-order valence-corrected chi connectivity index (χ4v) is 3.17. The normalized spacial score (nSPS) is 10.8. The van der Waals surface area contributed by atoms with Gasteiger partial charge in [-0.1, -0.05) is 30.3 Å². The molecule has 2 heterocycles. The van der Waals surface area contributed by atoms with Crippen LogP contribution in [-0.4, -0.2) is 10.2 Å². The largest absolute Gasteiger partial charge is 0.316 e. The van der Waals surface area contributed by atoms with E-state index in [1.807, 2.05) is 72.1 Å². The quantitative estimate of drug-likeness (QED) is 0.512. The molecule has 0 N–H and O–H groups in total. The standard InChI is InChI=1S/C21H14N2O/c1-14-5-2-3-7-18(14)21(24)19-12-15(13-22)11-16-8-9-17-6-4-10-23(17)20(16)19/h2-12H,1H3. The van der Waals surface area contributed by atoms with Crippen LogP contribution in [0.1, 0.15) is 27.0 Å². The summed E-state index contributed by atoms with van der Waals surface area (Å²) >= 11 is 0. The van der Waals surface area contributed by atoms with Gasteiger partial charge in [-0.25, -0.2) is 0 Å². The zero-order chi connectivity index (χ0) is 16.7. The third-order valence-electron chi connectivity index (χ3n) is 4.36. The molecule has 114 valence electrons. The van der Waals surface area contributed by atoms with Gasteiger partial charge in [-0.15, -0.1) is 0 Å². The molecule has 0 unspecified atom stereocenters. The third-order valence-corrected chi connectivity index (χ3v) is 4.36. The maximum Gasteiger partial charge on any atom is 0.195 e. The number of pyridine rings is 1. The van der Waals surface area contributed by atoms with Crippen LogP contribution in [0.5, 0.6) is 0 Å². The summed E-state index contributed by atoms with van der Waals surface area (Å²) in [6.45, 7) is 1.93. The Kier molecular flexibility index (Phi) is 3.18. The van der Waals surface area contributed by atoms with Crippen LogP contribution in [0.3, 0.4) is 0 Å². The molecule has 0 aliphatic carbocycles. The number of aromatic nitrogens is 1. The molecule has 0 radical (unpaired) electrons. The average molecular weight is 310 g/mol. The second-order valence-electron chi connectivity index (χ2n) is 5.85. The number of hydrogen-bond donors (Lipinski definition) is 0. The predicted octanol–water partition coefficient (Wildman–Crippen LogP) is 4.50. The van der Waals surface area contributed by atoms with Crippen molar-refractivity contribution in [2.24, 2.45) is 0 Å². The number of aryl methyl sites for hydroxylation is 1. The third kappa shape index (κ3) is 2.09. The molecule has 0 fully saturated rings. The van der Waals surface area contributed by atoms with Gasteiger partial charge in [-0.3, -0.25) is 4.79 Å². The van der Waals surface area contributed by atoms with Gasteiger partial charge in [0.15, 0.2) is 5.78 Å². The Bertz CT molecular complexity index is 1150. The van der Waals surface area contributed by atoms with Crippen molar-refractivity contribution in [2.45, 2.75) is 6.92 Å². The van der Waals surface area contributed by atoms with Crippen LogP contribution >= 0.6 is 0 Å². The van der Waals surface area contributed by atoms with Crippen molar-refractivity contribution in [3.8, 4) is 6.07 Å². The summed E-state index contributed by atoms with van der Waals surface area (Å²) in [5.41, 5.74) is 4.50. The van der Waals surface area contributed by atoms with Crippen LogP contribution in [-0.2, 0) is 0 Å². The Morgan fingerprint density at radius 2 is 1.83 bits per heavy atom. The second kappa shape index (κ2) is 5.36. The SMILES string of the molecule is Cc1ccccc1C(=O)c1cc(C#N)cc2ccc3cccn3c12. The predicted molar refractivity (Wildman–Crippen MR) is 94.2 cm³/mol. The van der Waals surface area contributed by atoms with Crippen LogP contribution in [0.15, 0.2) is 66.9 Å². The Hall–Kier alpha value is -3.38. The van der Waals surface area contributed by atoms with Gasteiger partial charge in [0.25, 0.3) is 0 Å². The van der Waals surface area contributed by atoms with E-state index in [9.17, 15) is 10.1 Å². The van der Waals surface area contributed by atoms with Gasteiger partial charge in [0.1, 0.15) is 0 Å². The molecule has 0 atom stereocenters. The van der Waals surface area contributed by atoms with Gasteiger partial charge in [-0.05, 0) is 42.8 Å². The van der Waals surface area contributed by atoms with Gasteiger partial charge >= 0.3 is 0 Å². The minimum atomic E-state index is -0.0589. The number of fused-ring (bicyclic) bond motifs is 3. The summed E-state index contributed by atoms with van der Waals surface area (Å²) in [4.78, 5) is 13.2. The first-order valence-electron chi connectivity index (χ1n) is 7.73. The molecular weight excluding hydrogens is 296 g/mol. The highest BCUT2D eigenvalue weighted by Crippen LogP contribution is 2.26. The summed E-state index contributed by atoms with van der Waals surface area (Å²) in [7, 11) is 0. The lowest BCUT2D eigenvalue weighted by atomic mass is 9.95. The first kappa shape index (κ1) is 14.2. The highest BCUT2D eigenvalue weighted by molar-refractivity contribution is 6.16. The van der Waals surface area contributed by atoms with E-state index in [4.69, 9.17) is 0 Å². The number of benzene rings is 2. The van der Waals surface area contributed by atoms with E-state index in [0.29, 0.717) is 16.7 Å². The monoisotopic (exact) mass is 310 g/mol. The van der Waals surface area contributed by atoms with Gasteiger partial charge in [0.2, 0.25) is 0 Å². The topological polar surface area (TPSA) is 45.3 Å². The maximum absolute atomic E-state index is 13.2. The van der Waals surface area contributed by atoms with Crippen LogP contribution in [0, 0.1) is 18.3 Å². The number of nitriles is 1. The minimum absolute atomic E-state index is 0.0589. The summed E-state index contributed by atoms with van der Waals surface area (Å²) in [5, 5.41) is 10.2. The molecule has 0 saturated heterocycles. The van der Waals surface area contributed by atoms with E-state index in [0.717, 1.165) is 22.0 Å². The fourth-order valence-electron chi connectivity index (χ4n) is 3.17. The molecule has 3 heteroatoms. The lowest BCUT2D eigenvalue weighted by Gasteiger charge is -2.11. The molecule has 0 spiro atoms. The Morgan fingerprint density at radius 1 is 1.00 bits per heavy atom. The molecule has 2 aromatic heterocycles. The molecule has 0 aliphatic heterocycles. The minimum Gasteiger partial charge on any atom is -0.316 e. The van der Waals surface area contributed by atoms with Crippen molar-refractivity contribution in [1.82, 2.24) is 4.40 Å². The average Bonchev–Trinajstić information content (AvgIpc) is 3.09.